The Balaban J connectivity index is 2.76. The maximum Gasteiger partial charge on any atom is 0.0724 e. The van der Waals surface area contributed by atoms with Crippen LogP contribution in [0.4, 0.5) is 0 Å². The van der Waals surface area contributed by atoms with Crippen molar-refractivity contribution in [1.82, 2.24) is 0 Å². The summed E-state index contributed by atoms with van der Waals surface area (Å²) in [6.45, 7) is 13.6. The molecule has 0 heterocycles. The maximum absolute atomic E-state index is 5.78. The quantitative estimate of drug-likeness (QED) is 0.722. The highest BCUT2D eigenvalue weighted by Gasteiger charge is 2.14. The van der Waals surface area contributed by atoms with Crippen LogP contribution < -0.4 is 0 Å². The second-order valence-electron chi connectivity index (χ2n) is 6.35. The molecule has 0 saturated heterocycles. The third-order valence-electron chi connectivity index (χ3n) is 2.46. The number of ether oxygens (including phenoxy) is 1. The highest BCUT2D eigenvalue weighted by atomic mass is 16.5. The first-order valence-corrected chi connectivity index (χ1v) is 5.92. The third kappa shape index (κ3) is 4.36. The van der Waals surface area contributed by atoms with Crippen LogP contribution in [0, 0.1) is 0 Å². The van der Waals surface area contributed by atoms with Crippen molar-refractivity contribution in [3.63, 3.8) is 0 Å². The molecule has 0 bridgehead atoms. The molecule has 0 aliphatic heterocycles. The van der Waals surface area contributed by atoms with Crippen LogP contribution in [0.1, 0.15) is 52.7 Å². The SMILES string of the molecule is CC(C)(C)OCc1cccc(C(C)(C)C)c1. The monoisotopic (exact) mass is 220 g/mol. The Kier molecular flexibility index (Phi) is 3.80. The van der Waals surface area contributed by atoms with Crippen molar-refractivity contribution in [2.45, 2.75) is 59.2 Å². The van der Waals surface area contributed by atoms with Crippen molar-refractivity contribution in [3.05, 3.63) is 35.4 Å². The predicted molar refractivity (Wildman–Crippen MR) is 69.7 cm³/mol. The minimum atomic E-state index is -0.0717. The standard InChI is InChI=1S/C15H24O/c1-14(2,3)13-9-7-8-12(10-13)11-16-15(4,5)6/h7-10H,11H2,1-6H3. The minimum Gasteiger partial charge on any atom is -0.371 e. The lowest BCUT2D eigenvalue weighted by molar-refractivity contribution is -0.0149. The van der Waals surface area contributed by atoms with Crippen LogP contribution in [0.2, 0.25) is 0 Å². The zero-order valence-electron chi connectivity index (χ0n) is 11.4. The van der Waals surface area contributed by atoms with Crippen LogP contribution in [0.3, 0.4) is 0 Å². The zero-order chi connectivity index (χ0) is 12.4. The number of hydrogen-bond donors (Lipinski definition) is 0. The Hall–Kier alpha value is -0.820. The van der Waals surface area contributed by atoms with Crippen molar-refractivity contribution in [1.29, 1.82) is 0 Å². The van der Waals surface area contributed by atoms with Gasteiger partial charge in [-0.2, -0.15) is 0 Å². The van der Waals surface area contributed by atoms with E-state index in [1.54, 1.807) is 0 Å². The van der Waals surface area contributed by atoms with Crippen LogP contribution in [0.25, 0.3) is 0 Å². The van der Waals surface area contributed by atoms with E-state index in [9.17, 15) is 0 Å². The molecule has 1 rings (SSSR count). The highest BCUT2D eigenvalue weighted by molar-refractivity contribution is 5.28. The Morgan fingerprint density at radius 3 is 2.12 bits per heavy atom. The van der Waals surface area contributed by atoms with E-state index >= 15 is 0 Å². The topological polar surface area (TPSA) is 9.23 Å². The normalized spacial score (nSPS) is 12.9. The molecular weight excluding hydrogens is 196 g/mol. The molecule has 1 heteroatoms. The van der Waals surface area contributed by atoms with Gasteiger partial charge >= 0.3 is 0 Å². The van der Waals surface area contributed by atoms with Crippen LogP contribution in [-0.4, -0.2) is 5.60 Å². The van der Waals surface area contributed by atoms with Crippen LogP contribution in [-0.2, 0) is 16.8 Å². The van der Waals surface area contributed by atoms with E-state index in [1.807, 2.05) is 0 Å². The van der Waals surface area contributed by atoms with E-state index in [-0.39, 0.29) is 11.0 Å². The number of rotatable bonds is 2. The number of hydrogen-bond acceptors (Lipinski definition) is 1. The van der Waals surface area contributed by atoms with Crippen molar-refractivity contribution < 1.29 is 4.74 Å². The molecule has 0 saturated carbocycles. The van der Waals surface area contributed by atoms with E-state index in [0.29, 0.717) is 6.61 Å². The molecular formula is C15H24O. The molecule has 0 aliphatic carbocycles. The van der Waals surface area contributed by atoms with Crippen LogP contribution >= 0.6 is 0 Å². The fourth-order valence-electron chi connectivity index (χ4n) is 1.43. The average Bonchev–Trinajstić information content (AvgIpc) is 2.13. The Morgan fingerprint density at radius 2 is 1.62 bits per heavy atom. The molecule has 0 unspecified atom stereocenters. The van der Waals surface area contributed by atoms with Gasteiger partial charge < -0.3 is 4.74 Å². The van der Waals surface area contributed by atoms with Gasteiger partial charge in [0.05, 0.1) is 12.2 Å². The number of benzene rings is 1. The van der Waals surface area contributed by atoms with Crippen molar-refractivity contribution in [2.24, 2.45) is 0 Å². The average molecular weight is 220 g/mol. The molecule has 0 fully saturated rings. The molecule has 90 valence electrons. The molecule has 0 atom stereocenters. The summed E-state index contributed by atoms with van der Waals surface area (Å²) in [4.78, 5) is 0. The second kappa shape index (κ2) is 4.58. The lowest BCUT2D eigenvalue weighted by Crippen LogP contribution is -2.19. The molecule has 0 N–H and O–H groups in total. The van der Waals surface area contributed by atoms with Gasteiger partial charge in [-0.05, 0) is 37.3 Å². The fourth-order valence-corrected chi connectivity index (χ4v) is 1.43. The second-order valence-corrected chi connectivity index (χ2v) is 6.35. The van der Waals surface area contributed by atoms with Crippen molar-refractivity contribution in [2.75, 3.05) is 0 Å². The summed E-state index contributed by atoms with van der Waals surface area (Å²) >= 11 is 0. The summed E-state index contributed by atoms with van der Waals surface area (Å²) in [5.41, 5.74) is 2.75. The zero-order valence-corrected chi connectivity index (χ0v) is 11.4. The summed E-state index contributed by atoms with van der Waals surface area (Å²) in [6.07, 6.45) is 0. The van der Waals surface area contributed by atoms with Gasteiger partial charge in [-0.25, -0.2) is 0 Å². The molecule has 16 heavy (non-hydrogen) atoms. The minimum absolute atomic E-state index is 0.0717. The van der Waals surface area contributed by atoms with Gasteiger partial charge in [0.2, 0.25) is 0 Å². The van der Waals surface area contributed by atoms with Gasteiger partial charge in [0.25, 0.3) is 0 Å². The third-order valence-corrected chi connectivity index (χ3v) is 2.46. The first-order valence-electron chi connectivity index (χ1n) is 5.92. The Labute approximate surface area is 99.8 Å². The lowest BCUT2D eigenvalue weighted by Gasteiger charge is -2.22. The summed E-state index contributed by atoms with van der Waals surface area (Å²) in [7, 11) is 0. The first-order chi connectivity index (χ1) is 7.18. The van der Waals surface area contributed by atoms with E-state index in [2.05, 4.69) is 65.8 Å². The molecule has 1 aromatic rings. The Bertz CT molecular complexity index is 339. The molecule has 1 nitrogen and oxygen atoms in total. The van der Waals surface area contributed by atoms with E-state index in [4.69, 9.17) is 4.74 Å². The highest BCUT2D eigenvalue weighted by Crippen LogP contribution is 2.23. The van der Waals surface area contributed by atoms with Crippen LogP contribution in [0.15, 0.2) is 24.3 Å². The summed E-state index contributed by atoms with van der Waals surface area (Å²) < 4.78 is 5.78. The maximum atomic E-state index is 5.78. The lowest BCUT2D eigenvalue weighted by atomic mass is 9.86. The molecule has 1 aromatic carbocycles. The van der Waals surface area contributed by atoms with Crippen molar-refractivity contribution >= 4 is 0 Å². The smallest absolute Gasteiger partial charge is 0.0724 e. The molecule has 0 radical (unpaired) electrons. The van der Waals surface area contributed by atoms with Gasteiger partial charge in [-0.1, -0.05) is 45.0 Å². The fraction of sp³-hybridized carbons (Fsp3) is 0.600. The summed E-state index contributed by atoms with van der Waals surface area (Å²) in [6, 6.07) is 8.66. The molecule has 0 aliphatic rings. The summed E-state index contributed by atoms with van der Waals surface area (Å²) in [5.74, 6) is 0. The van der Waals surface area contributed by atoms with Gasteiger partial charge in [-0.15, -0.1) is 0 Å². The predicted octanol–water partition coefficient (Wildman–Crippen LogP) is 4.30. The largest absolute Gasteiger partial charge is 0.371 e. The van der Waals surface area contributed by atoms with Gasteiger partial charge in [0.15, 0.2) is 0 Å². The molecule has 0 aromatic heterocycles. The van der Waals surface area contributed by atoms with E-state index in [0.717, 1.165) is 0 Å². The van der Waals surface area contributed by atoms with Crippen LogP contribution in [0.5, 0.6) is 0 Å². The van der Waals surface area contributed by atoms with Gasteiger partial charge in [0.1, 0.15) is 0 Å². The van der Waals surface area contributed by atoms with E-state index in [1.165, 1.54) is 11.1 Å². The Morgan fingerprint density at radius 1 is 1.00 bits per heavy atom. The van der Waals surface area contributed by atoms with Gasteiger partial charge in [-0.3, -0.25) is 0 Å². The van der Waals surface area contributed by atoms with Crippen molar-refractivity contribution in [3.8, 4) is 0 Å². The van der Waals surface area contributed by atoms with E-state index < -0.39 is 0 Å². The molecule has 0 amide bonds. The summed E-state index contributed by atoms with van der Waals surface area (Å²) in [5, 5.41) is 0. The molecule has 0 spiro atoms. The van der Waals surface area contributed by atoms with Gasteiger partial charge in [0, 0.05) is 0 Å². The first kappa shape index (κ1) is 13.2.